The molecular weight excluding hydrogens is 220 g/mol. The second-order valence-corrected chi connectivity index (χ2v) is 3.37. The third kappa shape index (κ3) is 3.14. The van der Waals surface area contributed by atoms with E-state index in [0.29, 0.717) is 13.1 Å². The first-order chi connectivity index (χ1) is 8.10. The van der Waals surface area contributed by atoms with Gasteiger partial charge in [-0.3, -0.25) is 9.78 Å². The molecule has 90 valence electrons. The van der Waals surface area contributed by atoms with Crippen LogP contribution in [0.3, 0.4) is 0 Å². The average Bonchev–Trinajstić information content (AvgIpc) is 2.35. The maximum absolute atomic E-state index is 11.9. The molecule has 0 saturated heterocycles. The molecule has 1 aromatic rings. The molecule has 0 atom stereocenters. The second-order valence-electron chi connectivity index (χ2n) is 3.37. The van der Waals surface area contributed by atoms with Gasteiger partial charge in [0.2, 0.25) is 0 Å². The van der Waals surface area contributed by atoms with Crippen LogP contribution in [0.5, 0.6) is 0 Å². The molecule has 1 amide bonds. The van der Waals surface area contributed by atoms with E-state index in [1.165, 1.54) is 18.3 Å². The van der Waals surface area contributed by atoms with Crippen molar-refractivity contribution in [2.24, 2.45) is 0 Å². The van der Waals surface area contributed by atoms with Crippen LogP contribution in [-0.4, -0.2) is 40.0 Å². The van der Waals surface area contributed by atoms with Crippen LogP contribution >= 0.6 is 0 Å². The summed E-state index contributed by atoms with van der Waals surface area (Å²) in [7, 11) is 0. The van der Waals surface area contributed by atoms with Crippen molar-refractivity contribution in [1.29, 1.82) is 0 Å². The van der Waals surface area contributed by atoms with Crippen LogP contribution in [0.4, 0.5) is 0 Å². The third-order valence-electron chi connectivity index (χ3n) is 2.25. The number of pyridine rings is 1. The molecule has 0 saturated carbocycles. The lowest BCUT2D eigenvalue weighted by atomic mass is 10.2. The number of aromatic nitrogens is 1. The highest BCUT2D eigenvalue weighted by Crippen LogP contribution is 2.04. The number of hydrogen-bond acceptors (Lipinski definition) is 3. The molecule has 0 aliphatic rings. The van der Waals surface area contributed by atoms with E-state index in [9.17, 15) is 9.59 Å². The van der Waals surface area contributed by atoms with Gasteiger partial charge in [-0.05, 0) is 19.1 Å². The molecule has 0 aromatic carbocycles. The summed E-state index contributed by atoms with van der Waals surface area (Å²) >= 11 is 0. The van der Waals surface area contributed by atoms with Crippen LogP contribution in [0.15, 0.2) is 31.0 Å². The zero-order chi connectivity index (χ0) is 12.8. The van der Waals surface area contributed by atoms with Gasteiger partial charge in [0, 0.05) is 19.3 Å². The normalized spacial score (nSPS) is 9.71. The van der Waals surface area contributed by atoms with E-state index in [1.807, 2.05) is 6.92 Å². The number of carboxylic acids is 1. The summed E-state index contributed by atoms with van der Waals surface area (Å²) in [6.07, 6.45) is 2.81. The first-order valence-corrected chi connectivity index (χ1v) is 5.19. The van der Waals surface area contributed by atoms with Crippen molar-refractivity contribution in [2.75, 3.05) is 13.1 Å². The summed E-state index contributed by atoms with van der Waals surface area (Å²) in [5.74, 6) is -1.29. The van der Waals surface area contributed by atoms with Crippen LogP contribution in [0.2, 0.25) is 0 Å². The zero-order valence-electron chi connectivity index (χ0n) is 9.59. The van der Waals surface area contributed by atoms with Gasteiger partial charge in [0.05, 0.1) is 5.56 Å². The van der Waals surface area contributed by atoms with Gasteiger partial charge < -0.3 is 10.0 Å². The van der Waals surface area contributed by atoms with Gasteiger partial charge in [-0.1, -0.05) is 6.08 Å². The molecule has 17 heavy (non-hydrogen) atoms. The van der Waals surface area contributed by atoms with Gasteiger partial charge in [-0.2, -0.15) is 0 Å². The maximum Gasteiger partial charge on any atom is 0.337 e. The molecule has 5 nitrogen and oxygen atoms in total. The molecule has 0 radical (unpaired) electrons. The Morgan fingerprint density at radius 2 is 2.24 bits per heavy atom. The topological polar surface area (TPSA) is 70.5 Å². The summed E-state index contributed by atoms with van der Waals surface area (Å²) in [5.41, 5.74) is 0.298. The number of carbonyl (C=O) groups is 2. The molecule has 5 heteroatoms. The number of likely N-dealkylation sites (N-methyl/N-ethyl adjacent to an activating group) is 1. The molecule has 0 fully saturated rings. The molecule has 1 rings (SSSR count). The summed E-state index contributed by atoms with van der Waals surface area (Å²) in [6, 6.07) is 2.78. The Morgan fingerprint density at radius 3 is 2.65 bits per heavy atom. The Morgan fingerprint density at radius 1 is 1.53 bits per heavy atom. The SMILES string of the molecule is C=CCN(CC)C(=O)c1ccc(C(=O)O)cn1. The quantitative estimate of drug-likeness (QED) is 0.782. The van der Waals surface area contributed by atoms with Crippen LogP contribution < -0.4 is 0 Å². The molecule has 0 unspecified atom stereocenters. The van der Waals surface area contributed by atoms with Crippen LogP contribution in [0.25, 0.3) is 0 Å². The van der Waals surface area contributed by atoms with Crippen LogP contribution in [0.1, 0.15) is 27.8 Å². The fraction of sp³-hybridized carbons (Fsp3) is 0.250. The predicted molar refractivity (Wildman–Crippen MR) is 63.0 cm³/mol. The summed E-state index contributed by atoms with van der Waals surface area (Å²) in [4.78, 5) is 28.0. The van der Waals surface area contributed by atoms with Crippen molar-refractivity contribution in [3.05, 3.63) is 42.2 Å². The highest BCUT2D eigenvalue weighted by molar-refractivity contribution is 5.93. The Balaban J connectivity index is 2.88. The summed E-state index contributed by atoms with van der Waals surface area (Å²) in [5, 5.41) is 8.71. The minimum absolute atomic E-state index is 0.0633. The third-order valence-corrected chi connectivity index (χ3v) is 2.25. The largest absolute Gasteiger partial charge is 0.478 e. The predicted octanol–water partition coefficient (Wildman–Crippen LogP) is 1.43. The summed E-state index contributed by atoms with van der Waals surface area (Å²) in [6.45, 7) is 6.41. The molecule has 0 bridgehead atoms. The Kier molecular flexibility index (Phi) is 4.39. The minimum Gasteiger partial charge on any atom is -0.478 e. The number of amides is 1. The van der Waals surface area contributed by atoms with E-state index in [0.717, 1.165) is 0 Å². The van der Waals surface area contributed by atoms with E-state index in [4.69, 9.17) is 5.11 Å². The van der Waals surface area contributed by atoms with Crippen molar-refractivity contribution in [3.8, 4) is 0 Å². The second kappa shape index (κ2) is 5.79. The van der Waals surface area contributed by atoms with E-state index in [2.05, 4.69) is 11.6 Å². The van der Waals surface area contributed by atoms with Gasteiger partial charge in [-0.25, -0.2) is 4.79 Å². The molecule has 0 aliphatic heterocycles. The van der Waals surface area contributed by atoms with Gasteiger partial charge in [-0.15, -0.1) is 6.58 Å². The van der Waals surface area contributed by atoms with Crippen molar-refractivity contribution in [2.45, 2.75) is 6.92 Å². The number of aromatic carboxylic acids is 1. The highest BCUT2D eigenvalue weighted by Gasteiger charge is 2.14. The van der Waals surface area contributed by atoms with Gasteiger partial charge in [0.25, 0.3) is 5.91 Å². The molecule has 1 heterocycles. The van der Waals surface area contributed by atoms with E-state index < -0.39 is 5.97 Å². The Hall–Kier alpha value is -2.17. The molecule has 0 aliphatic carbocycles. The standard InChI is InChI=1S/C12H14N2O3/c1-3-7-14(4-2)11(15)10-6-5-9(8-13-10)12(16)17/h3,5-6,8H,1,4,7H2,2H3,(H,16,17). The number of hydrogen-bond donors (Lipinski definition) is 1. The molecule has 0 spiro atoms. The number of rotatable bonds is 5. The number of carbonyl (C=O) groups excluding carboxylic acids is 1. The van der Waals surface area contributed by atoms with Crippen LogP contribution in [0, 0.1) is 0 Å². The van der Waals surface area contributed by atoms with Gasteiger partial charge in [0.1, 0.15) is 5.69 Å². The fourth-order valence-electron chi connectivity index (χ4n) is 1.32. The van der Waals surface area contributed by atoms with E-state index in [-0.39, 0.29) is 17.2 Å². The van der Waals surface area contributed by atoms with Crippen molar-refractivity contribution in [1.82, 2.24) is 9.88 Å². The first-order valence-electron chi connectivity index (χ1n) is 5.19. The molecular formula is C12H14N2O3. The maximum atomic E-state index is 11.9. The molecule has 1 aromatic heterocycles. The lowest BCUT2D eigenvalue weighted by molar-refractivity contribution is 0.0693. The highest BCUT2D eigenvalue weighted by atomic mass is 16.4. The summed E-state index contributed by atoms with van der Waals surface area (Å²) < 4.78 is 0. The molecule has 1 N–H and O–H groups in total. The smallest absolute Gasteiger partial charge is 0.337 e. The fourth-order valence-corrected chi connectivity index (χ4v) is 1.32. The average molecular weight is 234 g/mol. The number of nitrogens with zero attached hydrogens (tertiary/aromatic N) is 2. The van der Waals surface area contributed by atoms with Crippen molar-refractivity contribution >= 4 is 11.9 Å². The number of carboxylic acid groups (broad SMARTS) is 1. The zero-order valence-corrected chi connectivity index (χ0v) is 9.59. The van der Waals surface area contributed by atoms with Crippen molar-refractivity contribution in [3.63, 3.8) is 0 Å². The first kappa shape index (κ1) is 12.9. The van der Waals surface area contributed by atoms with E-state index in [1.54, 1.807) is 11.0 Å². The Labute approximate surface area is 99.4 Å². The monoisotopic (exact) mass is 234 g/mol. The lowest BCUT2D eigenvalue weighted by Gasteiger charge is -2.18. The van der Waals surface area contributed by atoms with Gasteiger partial charge in [0.15, 0.2) is 0 Å². The van der Waals surface area contributed by atoms with Crippen molar-refractivity contribution < 1.29 is 14.7 Å². The van der Waals surface area contributed by atoms with Crippen LogP contribution in [-0.2, 0) is 0 Å². The van der Waals surface area contributed by atoms with E-state index >= 15 is 0 Å². The lowest BCUT2D eigenvalue weighted by Crippen LogP contribution is -2.31. The van der Waals surface area contributed by atoms with Gasteiger partial charge >= 0.3 is 5.97 Å². The minimum atomic E-state index is -1.06. The Bertz CT molecular complexity index is 426.